The van der Waals surface area contributed by atoms with Crippen LogP contribution in [0.5, 0.6) is 6.01 Å². The summed E-state index contributed by atoms with van der Waals surface area (Å²) in [6, 6.07) is 22.4. The van der Waals surface area contributed by atoms with Crippen molar-refractivity contribution in [3.63, 3.8) is 0 Å². The van der Waals surface area contributed by atoms with Gasteiger partial charge in [0.1, 0.15) is 0 Å². The maximum Gasteiger partial charge on any atom is 0.316 e. The first kappa shape index (κ1) is 31.2. The average Bonchev–Trinajstić information content (AvgIpc) is 3.55. The molecular formula is C36H38N6O4S. The number of amides is 1. The lowest BCUT2D eigenvalue weighted by Crippen LogP contribution is -2.53. The highest BCUT2D eigenvalue weighted by atomic mass is 32.1. The van der Waals surface area contributed by atoms with E-state index in [1.165, 1.54) is 15.9 Å². The standard InChI is InChI=1S/C36H38N6O4S/c1-46-35-37-16-12-27(39-35)20-40-17-13-28(29(21-40)25-8-4-2-5-9-25)33(43)41-18-14-36(45,15-19-41)23-42-24-38-31-30(34(42)44)22-47-32(31)26-10-6-3-7-11-26/h2-12,16,22,24,28-29,45H,13-15,17-21,23H2,1H3/t28-,29+/m1/s1. The van der Waals surface area contributed by atoms with Gasteiger partial charge in [0.15, 0.2) is 0 Å². The fourth-order valence-corrected chi connectivity index (χ4v) is 8.01. The van der Waals surface area contributed by atoms with Gasteiger partial charge in [0, 0.05) is 49.6 Å². The summed E-state index contributed by atoms with van der Waals surface area (Å²) in [5.41, 5.74) is 2.49. The summed E-state index contributed by atoms with van der Waals surface area (Å²) in [4.78, 5) is 46.0. The van der Waals surface area contributed by atoms with Crippen LogP contribution in [0.15, 0.2) is 89.4 Å². The summed E-state index contributed by atoms with van der Waals surface area (Å²) in [6.07, 6.45) is 4.78. The van der Waals surface area contributed by atoms with Gasteiger partial charge in [-0.25, -0.2) is 9.97 Å². The number of piperidine rings is 2. The van der Waals surface area contributed by atoms with Crippen LogP contribution < -0.4 is 10.3 Å². The molecule has 0 spiro atoms. The summed E-state index contributed by atoms with van der Waals surface area (Å²) in [6.45, 7) is 3.19. The minimum atomic E-state index is -1.10. The third-order valence-electron chi connectivity index (χ3n) is 9.59. The van der Waals surface area contributed by atoms with E-state index >= 15 is 0 Å². The number of nitrogens with zero attached hydrogens (tertiary/aromatic N) is 6. The molecule has 2 aliphatic rings. The van der Waals surface area contributed by atoms with Crippen LogP contribution in [0.4, 0.5) is 0 Å². The van der Waals surface area contributed by atoms with Gasteiger partial charge in [0.25, 0.3) is 5.56 Å². The van der Waals surface area contributed by atoms with E-state index in [9.17, 15) is 14.7 Å². The molecule has 0 radical (unpaired) electrons. The lowest BCUT2D eigenvalue weighted by molar-refractivity contribution is -0.142. The van der Waals surface area contributed by atoms with Crippen LogP contribution in [0.1, 0.15) is 36.4 Å². The molecule has 0 aliphatic carbocycles. The van der Waals surface area contributed by atoms with Crippen LogP contribution in [0.2, 0.25) is 0 Å². The fourth-order valence-electron chi connectivity index (χ4n) is 7.01. The largest absolute Gasteiger partial charge is 0.467 e. The maximum absolute atomic E-state index is 14.1. The van der Waals surface area contributed by atoms with Crippen molar-refractivity contribution in [3.8, 4) is 16.5 Å². The zero-order chi connectivity index (χ0) is 32.4. The smallest absolute Gasteiger partial charge is 0.316 e. The molecule has 7 rings (SSSR count). The molecule has 242 valence electrons. The first-order valence-corrected chi connectivity index (χ1v) is 17.0. The van der Waals surface area contributed by atoms with E-state index in [1.54, 1.807) is 19.6 Å². The molecule has 10 nitrogen and oxygen atoms in total. The Morgan fingerprint density at radius 2 is 1.77 bits per heavy atom. The Balaban J connectivity index is 1.02. The zero-order valence-electron chi connectivity index (χ0n) is 26.4. The Morgan fingerprint density at radius 1 is 1.02 bits per heavy atom. The predicted octanol–water partition coefficient (Wildman–Crippen LogP) is 4.58. The maximum atomic E-state index is 14.1. The van der Waals surface area contributed by atoms with Gasteiger partial charge in [-0.2, -0.15) is 4.98 Å². The molecule has 2 aliphatic heterocycles. The molecule has 2 saturated heterocycles. The van der Waals surface area contributed by atoms with Crippen LogP contribution in [0, 0.1) is 5.92 Å². The number of rotatable bonds is 8. The lowest BCUT2D eigenvalue weighted by atomic mass is 9.79. The second-order valence-corrected chi connectivity index (χ2v) is 13.5. The summed E-state index contributed by atoms with van der Waals surface area (Å²) in [5.74, 6) is 0.00684. The third-order valence-corrected chi connectivity index (χ3v) is 10.6. The van der Waals surface area contributed by atoms with Gasteiger partial charge >= 0.3 is 6.01 Å². The SMILES string of the molecule is COc1nccc(CN2CC[C@@H](C(=O)N3CCC(O)(Cn4cnc5c(-c6ccccc6)scc5c4=O)CC3)[C@H](c3ccccc3)C2)n1. The fraction of sp³-hybridized carbons (Fsp3) is 0.361. The normalized spacial score (nSPS) is 19.9. The van der Waals surface area contributed by atoms with Crippen molar-refractivity contribution in [2.45, 2.75) is 43.9 Å². The zero-order valence-corrected chi connectivity index (χ0v) is 27.2. The number of likely N-dealkylation sites (tertiary alicyclic amines) is 2. The third kappa shape index (κ3) is 6.56. The van der Waals surface area contributed by atoms with Crippen LogP contribution >= 0.6 is 11.3 Å². The number of hydrogen-bond donors (Lipinski definition) is 1. The number of aliphatic hydroxyl groups is 1. The monoisotopic (exact) mass is 650 g/mol. The molecule has 0 saturated carbocycles. The highest BCUT2D eigenvalue weighted by Gasteiger charge is 2.41. The van der Waals surface area contributed by atoms with Crippen molar-refractivity contribution in [2.24, 2.45) is 5.92 Å². The number of carbonyl (C=O) groups is 1. The van der Waals surface area contributed by atoms with Gasteiger partial charge in [-0.05, 0) is 43.0 Å². The van der Waals surface area contributed by atoms with Crippen molar-refractivity contribution in [1.82, 2.24) is 29.3 Å². The number of methoxy groups -OCH3 is 1. The van der Waals surface area contributed by atoms with Crippen molar-refractivity contribution in [3.05, 3.63) is 106 Å². The number of ether oxygens (including phenoxy) is 1. The number of hydrogen-bond acceptors (Lipinski definition) is 9. The first-order valence-electron chi connectivity index (χ1n) is 16.1. The summed E-state index contributed by atoms with van der Waals surface area (Å²) >= 11 is 1.50. The Kier molecular flexibility index (Phi) is 8.85. The molecule has 2 atom stereocenters. The van der Waals surface area contributed by atoms with Crippen molar-refractivity contribution >= 4 is 28.1 Å². The highest BCUT2D eigenvalue weighted by molar-refractivity contribution is 7.15. The van der Waals surface area contributed by atoms with Crippen LogP contribution in [0.3, 0.4) is 0 Å². The average molecular weight is 651 g/mol. The Hall–Kier alpha value is -4.45. The van der Waals surface area contributed by atoms with E-state index in [0.717, 1.165) is 41.2 Å². The van der Waals surface area contributed by atoms with Crippen LogP contribution in [0.25, 0.3) is 21.3 Å². The van der Waals surface area contributed by atoms with Crippen LogP contribution in [-0.4, -0.2) is 79.2 Å². The van der Waals surface area contributed by atoms with E-state index in [2.05, 4.69) is 32.0 Å². The van der Waals surface area contributed by atoms with Gasteiger partial charge in [0.2, 0.25) is 5.91 Å². The lowest BCUT2D eigenvalue weighted by Gasteiger charge is -2.43. The quantitative estimate of drug-likeness (QED) is 0.260. The molecule has 11 heteroatoms. The molecule has 2 fully saturated rings. The van der Waals surface area contributed by atoms with Crippen molar-refractivity contribution < 1.29 is 14.6 Å². The van der Waals surface area contributed by atoms with E-state index in [0.29, 0.717) is 49.4 Å². The summed E-state index contributed by atoms with van der Waals surface area (Å²) in [7, 11) is 1.56. The number of benzene rings is 2. The van der Waals surface area contributed by atoms with Crippen molar-refractivity contribution in [2.75, 3.05) is 33.3 Å². The van der Waals surface area contributed by atoms with Gasteiger partial charge in [-0.1, -0.05) is 60.7 Å². The van der Waals surface area contributed by atoms with E-state index in [1.807, 2.05) is 64.9 Å². The Morgan fingerprint density at radius 3 is 2.51 bits per heavy atom. The summed E-state index contributed by atoms with van der Waals surface area (Å²) < 4.78 is 6.73. The second-order valence-electron chi connectivity index (χ2n) is 12.6. The van der Waals surface area contributed by atoms with Crippen LogP contribution in [-0.2, 0) is 17.9 Å². The molecule has 1 amide bonds. The molecule has 0 unspecified atom stereocenters. The molecular weight excluding hydrogens is 613 g/mol. The topological polar surface area (TPSA) is 114 Å². The van der Waals surface area contributed by atoms with E-state index in [4.69, 9.17) is 4.74 Å². The highest BCUT2D eigenvalue weighted by Crippen LogP contribution is 2.36. The van der Waals surface area contributed by atoms with Gasteiger partial charge in [0.05, 0.1) is 47.1 Å². The molecule has 1 N–H and O–H groups in total. The minimum absolute atomic E-state index is 0.0322. The molecule has 47 heavy (non-hydrogen) atoms. The number of thiophene rings is 1. The molecule has 0 bridgehead atoms. The first-order chi connectivity index (χ1) is 22.9. The summed E-state index contributed by atoms with van der Waals surface area (Å²) in [5, 5.41) is 14.0. The molecule has 5 heterocycles. The van der Waals surface area contributed by atoms with Crippen molar-refractivity contribution in [1.29, 1.82) is 0 Å². The van der Waals surface area contributed by atoms with E-state index in [-0.39, 0.29) is 29.8 Å². The Bertz CT molecular complexity index is 1910. The minimum Gasteiger partial charge on any atom is -0.467 e. The molecule has 5 aromatic rings. The van der Waals surface area contributed by atoms with Gasteiger partial charge < -0.3 is 14.7 Å². The second kappa shape index (κ2) is 13.3. The Labute approximate surface area is 277 Å². The van der Waals surface area contributed by atoms with Gasteiger partial charge in [-0.15, -0.1) is 11.3 Å². The predicted molar refractivity (Wildman–Crippen MR) is 181 cm³/mol. The van der Waals surface area contributed by atoms with Gasteiger partial charge in [-0.3, -0.25) is 19.1 Å². The molecule has 2 aromatic carbocycles. The van der Waals surface area contributed by atoms with E-state index < -0.39 is 5.60 Å². The molecule has 3 aromatic heterocycles. The number of aromatic nitrogens is 4. The number of carbonyl (C=O) groups excluding carboxylic acids is 1. The number of fused-ring (bicyclic) bond motifs is 1.